The second kappa shape index (κ2) is 7.98. The Balaban J connectivity index is 2.46. The van der Waals surface area contributed by atoms with Crippen LogP contribution in [0.25, 0.3) is 0 Å². The van der Waals surface area contributed by atoms with Gasteiger partial charge in [-0.3, -0.25) is 13.8 Å². The van der Waals surface area contributed by atoms with E-state index >= 15 is 0 Å². The monoisotopic (exact) mass is 304 g/mol. The van der Waals surface area contributed by atoms with Gasteiger partial charge >= 0.3 is 5.97 Å². The number of amides is 2. The van der Waals surface area contributed by atoms with Crippen LogP contribution in [0.3, 0.4) is 0 Å². The van der Waals surface area contributed by atoms with Crippen molar-refractivity contribution in [2.75, 3.05) is 24.6 Å². The quantitative estimate of drug-likeness (QED) is 0.678. The summed E-state index contributed by atoms with van der Waals surface area (Å²) in [6, 6.07) is -1.22. The van der Waals surface area contributed by atoms with Gasteiger partial charge < -0.3 is 15.3 Å². The molecule has 2 amide bonds. The Morgan fingerprint density at radius 2 is 1.85 bits per heavy atom. The topological polar surface area (TPSA) is 104 Å². The normalized spacial score (nSPS) is 18.1. The van der Waals surface area contributed by atoms with Crippen LogP contribution in [0.15, 0.2) is 0 Å². The number of aliphatic carboxylic acids is 1. The molecular formula is C12H20N2O5S. The molecule has 1 rings (SSSR count). The maximum Gasteiger partial charge on any atom is 0.327 e. The molecule has 20 heavy (non-hydrogen) atoms. The van der Waals surface area contributed by atoms with E-state index in [1.165, 1.54) is 6.92 Å². The van der Waals surface area contributed by atoms with E-state index in [-0.39, 0.29) is 17.4 Å². The van der Waals surface area contributed by atoms with Crippen molar-refractivity contribution >= 4 is 28.6 Å². The molecule has 0 aliphatic carbocycles. The third-order valence-corrected chi connectivity index (χ3v) is 4.30. The summed E-state index contributed by atoms with van der Waals surface area (Å²) in [6.45, 7) is 2.53. The number of carboxylic acid groups (broad SMARTS) is 1. The van der Waals surface area contributed by atoms with Gasteiger partial charge in [0.25, 0.3) is 0 Å². The fraction of sp³-hybridized carbons (Fsp3) is 0.750. The van der Waals surface area contributed by atoms with Gasteiger partial charge in [0.15, 0.2) is 0 Å². The maximum atomic E-state index is 11.9. The van der Waals surface area contributed by atoms with Crippen LogP contribution < -0.4 is 5.32 Å². The molecule has 0 bridgehead atoms. The average Bonchev–Trinajstić information content (AvgIpc) is 2.38. The van der Waals surface area contributed by atoms with E-state index in [1.54, 1.807) is 4.90 Å². The molecule has 7 nitrogen and oxygen atoms in total. The predicted octanol–water partition coefficient (Wildman–Crippen LogP) is -0.663. The van der Waals surface area contributed by atoms with Crippen molar-refractivity contribution in [3.05, 3.63) is 0 Å². The fourth-order valence-electron chi connectivity index (χ4n) is 2.04. The lowest BCUT2D eigenvalue weighted by Crippen LogP contribution is -2.45. The number of carboxylic acids is 1. The highest BCUT2D eigenvalue weighted by molar-refractivity contribution is 7.85. The molecule has 2 N–H and O–H groups in total. The summed E-state index contributed by atoms with van der Waals surface area (Å²) in [5, 5.41) is 11.1. The number of likely N-dealkylation sites (tertiary alicyclic amines) is 1. The zero-order valence-electron chi connectivity index (χ0n) is 11.5. The van der Waals surface area contributed by atoms with Gasteiger partial charge in [0, 0.05) is 30.8 Å². The van der Waals surface area contributed by atoms with Crippen LogP contribution in [0.5, 0.6) is 0 Å². The SMILES string of the molecule is CC(=O)N[C@@H](CS(=O)CC(=O)N1CCCCC1)C(=O)O. The number of hydrogen-bond acceptors (Lipinski definition) is 4. The summed E-state index contributed by atoms with van der Waals surface area (Å²) in [6.07, 6.45) is 2.99. The minimum Gasteiger partial charge on any atom is -0.480 e. The molecule has 1 unspecified atom stereocenters. The number of nitrogens with zero attached hydrogens (tertiary/aromatic N) is 1. The van der Waals surface area contributed by atoms with Crippen molar-refractivity contribution in [3.63, 3.8) is 0 Å². The molecule has 1 fully saturated rings. The molecule has 0 aromatic carbocycles. The van der Waals surface area contributed by atoms with Gasteiger partial charge in [0.1, 0.15) is 11.8 Å². The van der Waals surface area contributed by atoms with Crippen LogP contribution in [-0.2, 0) is 25.2 Å². The summed E-state index contributed by atoms with van der Waals surface area (Å²) in [7, 11) is -1.61. The molecule has 0 saturated carbocycles. The van der Waals surface area contributed by atoms with Crippen LogP contribution in [0.2, 0.25) is 0 Å². The summed E-state index contributed by atoms with van der Waals surface area (Å²) < 4.78 is 11.8. The molecule has 0 aromatic rings. The molecule has 1 aliphatic rings. The van der Waals surface area contributed by atoms with Crippen molar-refractivity contribution < 1.29 is 23.7 Å². The third kappa shape index (κ3) is 5.68. The molecule has 8 heteroatoms. The number of rotatable bonds is 6. The Morgan fingerprint density at radius 3 is 2.35 bits per heavy atom. The number of carbonyl (C=O) groups excluding carboxylic acids is 2. The molecule has 1 heterocycles. The van der Waals surface area contributed by atoms with Crippen molar-refractivity contribution in [1.29, 1.82) is 0 Å². The number of carbonyl (C=O) groups is 3. The minimum atomic E-state index is -1.61. The number of piperidine rings is 1. The molecule has 0 radical (unpaired) electrons. The first kappa shape index (κ1) is 16.6. The highest BCUT2D eigenvalue weighted by Gasteiger charge is 2.24. The fourth-order valence-corrected chi connectivity index (χ4v) is 3.21. The Morgan fingerprint density at radius 1 is 1.25 bits per heavy atom. The zero-order chi connectivity index (χ0) is 15.1. The molecule has 1 saturated heterocycles. The molecular weight excluding hydrogens is 284 g/mol. The largest absolute Gasteiger partial charge is 0.480 e. The predicted molar refractivity (Wildman–Crippen MR) is 73.5 cm³/mol. The second-order valence-electron chi connectivity index (χ2n) is 4.78. The highest BCUT2D eigenvalue weighted by Crippen LogP contribution is 2.09. The minimum absolute atomic E-state index is 0.191. The molecule has 0 aromatic heterocycles. The van der Waals surface area contributed by atoms with Gasteiger partial charge in [-0.1, -0.05) is 0 Å². The number of nitrogens with one attached hydrogen (secondary N) is 1. The summed E-state index contributed by atoms with van der Waals surface area (Å²) in [5.74, 6) is -2.41. The van der Waals surface area contributed by atoms with E-state index in [0.717, 1.165) is 19.3 Å². The summed E-state index contributed by atoms with van der Waals surface area (Å²) >= 11 is 0. The van der Waals surface area contributed by atoms with Gasteiger partial charge in [-0.05, 0) is 19.3 Å². The first-order valence-electron chi connectivity index (χ1n) is 6.53. The smallest absolute Gasteiger partial charge is 0.327 e. The van der Waals surface area contributed by atoms with Crippen molar-refractivity contribution in [1.82, 2.24) is 10.2 Å². The van der Waals surface area contributed by atoms with Crippen LogP contribution in [-0.4, -0.2) is 62.6 Å². The molecule has 1 aliphatic heterocycles. The zero-order valence-corrected chi connectivity index (χ0v) is 12.3. The first-order valence-corrected chi connectivity index (χ1v) is 8.01. The lowest BCUT2D eigenvalue weighted by atomic mass is 10.1. The van der Waals surface area contributed by atoms with Gasteiger partial charge in [-0.15, -0.1) is 0 Å². The Bertz CT molecular complexity index is 407. The average molecular weight is 304 g/mol. The van der Waals surface area contributed by atoms with Crippen LogP contribution >= 0.6 is 0 Å². The van der Waals surface area contributed by atoms with Crippen molar-refractivity contribution in [3.8, 4) is 0 Å². The van der Waals surface area contributed by atoms with E-state index in [4.69, 9.17) is 5.11 Å². The van der Waals surface area contributed by atoms with E-state index in [9.17, 15) is 18.6 Å². The summed E-state index contributed by atoms with van der Waals surface area (Å²) in [5.41, 5.74) is 0. The Kier molecular flexibility index (Phi) is 6.63. The van der Waals surface area contributed by atoms with Gasteiger partial charge in [-0.2, -0.15) is 0 Å². The Labute approximate surface area is 120 Å². The van der Waals surface area contributed by atoms with Gasteiger partial charge in [0.2, 0.25) is 11.8 Å². The van der Waals surface area contributed by atoms with Crippen molar-refractivity contribution in [2.45, 2.75) is 32.2 Å². The van der Waals surface area contributed by atoms with Crippen LogP contribution in [0, 0.1) is 0 Å². The first-order chi connectivity index (χ1) is 9.40. The highest BCUT2D eigenvalue weighted by atomic mass is 32.2. The van der Waals surface area contributed by atoms with E-state index in [0.29, 0.717) is 13.1 Å². The third-order valence-electron chi connectivity index (χ3n) is 3.02. The van der Waals surface area contributed by atoms with Gasteiger partial charge in [0.05, 0.1) is 5.75 Å². The van der Waals surface area contributed by atoms with Crippen LogP contribution in [0.1, 0.15) is 26.2 Å². The molecule has 0 spiro atoms. The van der Waals surface area contributed by atoms with E-state index in [2.05, 4.69) is 5.32 Å². The number of hydrogen-bond donors (Lipinski definition) is 2. The standard InChI is InChI=1S/C12H20N2O5S/c1-9(15)13-10(12(17)18)7-20(19)8-11(16)14-5-3-2-4-6-14/h10H,2-8H2,1H3,(H,13,15)(H,17,18)/t10-,20?/m0/s1. The summed E-state index contributed by atoms with van der Waals surface area (Å²) in [4.78, 5) is 35.3. The maximum absolute atomic E-state index is 11.9. The lowest BCUT2D eigenvalue weighted by molar-refractivity contribution is -0.140. The van der Waals surface area contributed by atoms with E-state index in [1.807, 2.05) is 0 Å². The van der Waals surface area contributed by atoms with Crippen LogP contribution in [0.4, 0.5) is 0 Å². The second-order valence-corrected chi connectivity index (χ2v) is 6.29. The molecule has 114 valence electrons. The van der Waals surface area contributed by atoms with E-state index < -0.39 is 28.7 Å². The lowest BCUT2D eigenvalue weighted by Gasteiger charge is -2.26. The Hall–Kier alpha value is -1.44. The van der Waals surface area contributed by atoms with Crippen molar-refractivity contribution in [2.24, 2.45) is 0 Å². The molecule has 2 atom stereocenters. The van der Waals surface area contributed by atoms with Gasteiger partial charge in [-0.25, -0.2) is 4.79 Å².